The summed E-state index contributed by atoms with van der Waals surface area (Å²) >= 11 is 0. The number of rotatable bonds is 6. The van der Waals surface area contributed by atoms with Crippen LogP contribution >= 0.6 is 0 Å². The number of para-hydroxylation sites is 4. The highest BCUT2D eigenvalue weighted by Crippen LogP contribution is 2.68. The summed E-state index contributed by atoms with van der Waals surface area (Å²) in [5.74, 6) is 0. The van der Waals surface area contributed by atoms with Crippen LogP contribution in [0.2, 0.25) is 0 Å². The van der Waals surface area contributed by atoms with Crippen molar-refractivity contribution >= 4 is 78.0 Å². The van der Waals surface area contributed by atoms with E-state index in [1.807, 2.05) is 0 Å². The summed E-state index contributed by atoms with van der Waals surface area (Å²) in [5.41, 5.74) is 24.5. The maximum absolute atomic E-state index is 7.47. The fourth-order valence-electron chi connectivity index (χ4n) is 12.3. The molecule has 10 aromatic carbocycles. The summed E-state index contributed by atoms with van der Waals surface area (Å²) in [6, 6.07) is 73.5. The molecule has 2 heterocycles. The maximum Gasteiger partial charge on any atom is 0.145 e. The Balaban J connectivity index is 1.23. The standard InChI is InChI=1S/C66H48N2O2/c1-39-31-33-42(4)54(35-39)67(44-20-7-6-8-21-44)56-37-51-62(64-60(56)47-24-12-17-29-58(47)69-64)63-52(66(51)49-26-14-10-22-45(49)46-23-11-15-27-50(46)66)38-57(61-48-25-13-18-30-59(48)70-65(61)63)68(53-28-16-9-19-41(53)3)55-36-40(2)32-34-43(55)5/h6-38H,1-5H3. The fourth-order valence-corrected chi connectivity index (χ4v) is 12.3. The van der Waals surface area contributed by atoms with E-state index in [2.05, 4.69) is 245 Å². The van der Waals surface area contributed by atoms with Gasteiger partial charge in [0.25, 0.3) is 0 Å². The van der Waals surface area contributed by atoms with Gasteiger partial charge in [-0.25, -0.2) is 0 Å². The average molecular weight is 901 g/mol. The second-order valence-electron chi connectivity index (χ2n) is 19.5. The van der Waals surface area contributed by atoms with E-state index in [1.54, 1.807) is 0 Å². The molecule has 2 aliphatic carbocycles. The zero-order chi connectivity index (χ0) is 47.0. The Kier molecular flexibility index (Phi) is 8.64. The first-order chi connectivity index (χ1) is 34.3. The lowest BCUT2D eigenvalue weighted by Gasteiger charge is -2.34. The number of aryl methyl sites for hydroxylation is 5. The predicted molar refractivity (Wildman–Crippen MR) is 290 cm³/mol. The molecule has 0 saturated heterocycles. The molecule has 334 valence electrons. The summed E-state index contributed by atoms with van der Waals surface area (Å²) in [5, 5.41) is 4.26. The number of fused-ring (bicyclic) bond motifs is 18. The number of nitrogens with zero attached hydrogens (tertiary/aromatic N) is 2. The summed E-state index contributed by atoms with van der Waals surface area (Å²) in [4.78, 5) is 4.98. The molecule has 0 aliphatic heterocycles. The number of anilines is 6. The van der Waals surface area contributed by atoms with Gasteiger partial charge in [0.15, 0.2) is 0 Å². The van der Waals surface area contributed by atoms with Gasteiger partial charge in [-0.05, 0) is 150 Å². The minimum absolute atomic E-state index is 0.787. The van der Waals surface area contributed by atoms with Gasteiger partial charge in [-0.15, -0.1) is 0 Å². The number of benzene rings is 10. The van der Waals surface area contributed by atoms with Gasteiger partial charge in [0.1, 0.15) is 22.3 Å². The molecule has 0 fully saturated rings. The molecule has 4 nitrogen and oxygen atoms in total. The summed E-state index contributed by atoms with van der Waals surface area (Å²) in [6.45, 7) is 11.0. The van der Waals surface area contributed by atoms with E-state index >= 15 is 0 Å². The van der Waals surface area contributed by atoms with E-state index in [0.29, 0.717) is 0 Å². The fraction of sp³-hybridized carbons (Fsp3) is 0.0909. The third kappa shape index (κ3) is 5.47. The molecular weight excluding hydrogens is 853 g/mol. The van der Waals surface area contributed by atoms with Crippen molar-refractivity contribution in [2.24, 2.45) is 0 Å². The zero-order valence-corrected chi connectivity index (χ0v) is 39.8. The molecule has 0 atom stereocenters. The van der Waals surface area contributed by atoms with Crippen LogP contribution in [-0.2, 0) is 5.41 Å². The Hall–Kier alpha value is -8.60. The smallest absolute Gasteiger partial charge is 0.145 e. The van der Waals surface area contributed by atoms with Gasteiger partial charge in [0.2, 0.25) is 0 Å². The third-order valence-electron chi connectivity index (χ3n) is 15.3. The summed E-state index contributed by atoms with van der Waals surface area (Å²) < 4.78 is 14.9. The monoisotopic (exact) mass is 900 g/mol. The maximum atomic E-state index is 7.47. The minimum Gasteiger partial charge on any atom is -0.455 e. The van der Waals surface area contributed by atoms with E-state index in [1.165, 1.54) is 61.2 Å². The number of hydrogen-bond acceptors (Lipinski definition) is 4. The molecule has 0 amide bonds. The molecule has 14 rings (SSSR count). The highest BCUT2D eigenvalue weighted by molar-refractivity contribution is 6.25. The molecule has 0 unspecified atom stereocenters. The summed E-state index contributed by atoms with van der Waals surface area (Å²) in [6.07, 6.45) is 0. The Morgan fingerprint density at radius 1 is 0.343 bits per heavy atom. The highest BCUT2D eigenvalue weighted by Gasteiger charge is 2.55. The highest BCUT2D eigenvalue weighted by atomic mass is 16.3. The average Bonchev–Trinajstić information content (AvgIpc) is 4.13. The third-order valence-corrected chi connectivity index (χ3v) is 15.3. The number of hydrogen-bond donors (Lipinski definition) is 0. The molecule has 70 heavy (non-hydrogen) atoms. The van der Waals surface area contributed by atoms with Gasteiger partial charge >= 0.3 is 0 Å². The lowest BCUT2D eigenvalue weighted by atomic mass is 9.70. The zero-order valence-electron chi connectivity index (χ0n) is 39.8. The normalized spacial score (nSPS) is 13.0. The topological polar surface area (TPSA) is 32.8 Å². The molecule has 0 bridgehead atoms. The first-order valence-corrected chi connectivity index (χ1v) is 24.3. The largest absolute Gasteiger partial charge is 0.455 e. The van der Waals surface area contributed by atoms with E-state index in [4.69, 9.17) is 8.83 Å². The van der Waals surface area contributed by atoms with Crippen LogP contribution < -0.4 is 9.80 Å². The second kappa shape index (κ2) is 14.9. The molecule has 2 aliphatic rings. The van der Waals surface area contributed by atoms with Crippen LogP contribution in [0.25, 0.3) is 66.1 Å². The quantitative estimate of drug-likeness (QED) is 0.166. The Morgan fingerprint density at radius 2 is 0.786 bits per heavy atom. The van der Waals surface area contributed by atoms with Crippen LogP contribution in [0.3, 0.4) is 0 Å². The van der Waals surface area contributed by atoms with Gasteiger partial charge in [0.05, 0.1) is 27.6 Å². The van der Waals surface area contributed by atoms with Gasteiger partial charge in [-0.3, -0.25) is 0 Å². The van der Waals surface area contributed by atoms with Gasteiger partial charge in [-0.2, -0.15) is 0 Å². The first kappa shape index (κ1) is 40.5. The first-order valence-electron chi connectivity index (χ1n) is 24.3. The molecule has 12 aromatic rings. The van der Waals surface area contributed by atoms with Crippen molar-refractivity contribution in [2.45, 2.75) is 40.0 Å². The van der Waals surface area contributed by atoms with E-state index < -0.39 is 5.41 Å². The van der Waals surface area contributed by atoms with Crippen LogP contribution in [0.15, 0.2) is 209 Å². The van der Waals surface area contributed by atoms with Crippen molar-refractivity contribution in [1.29, 1.82) is 0 Å². The van der Waals surface area contributed by atoms with Crippen molar-refractivity contribution in [3.8, 4) is 22.3 Å². The minimum atomic E-state index is -0.787. The van der Waals surface area contributed by atoms with Crippen LogP contribution in [0.5, 0.6) is 0 Å². The van der Waals surface area contributed by atoms with E-state index in [0.717, 1.165) is 89.1 Å². The Bertz CT molecular complexity index is 4110. The second-order valence-corrected chi connectivity index (χ2v) is 19.5. The molecule has 0 radical (unpaired) electrons. The molecule has 2 aromatic heterocycles. The Labute approximate surface area is 407 Å². The van der Waals surface area contributed by atoms with Crippen LogP contribution in [-0.4, -0.2) is 0 Å². The van der Waals surface area contributed by atoms with Crippen LogP contribution in [0.1, 0.15) is 50.1 Å². The SMILES string of the molecule is Cc1ccc(C)c(N(c2ccccc2)c2cc3c(c4oc5ccccc5c24)-c2c(cc(N(c4ccccc4C)c4cc(C)ccc4C)c4c2oc2ccccc24)C32c3ccccc3-c3ccccc32)c1. The van der Waals surface area contributed by atoms with E-state index in [9.17, 15) is 0 Å². The van der Waals surface area contributed by atoms with Crippen LogP contribution in [0, 0.1) is 34.6 Å². The molecular formula is C66H48N2O2. The summed E-state index contributed by atoms with van der Waals surface area (Å²) in [7, 11) is 0. The van der Waals surface area contributed by atoms with Crippen molar-refractivity contribution < 1.29 is 8.83 Å². The number of furan rings is 2. The Morgan fingerprint density at radius 3 is 1.34 bits per heavy atom. The van der Waals surface area contributed by atoms with Crippen molar-refractivity contribution in [2.75, 3.05) is 9.80 Å². The van der Waals surface area contributed by atoms with Gasteiger partial charge in [-0.1, -0.05) is 146 Å². The molecule has 4 heteroatoms. The molecule has 0 N–H and O–H groups in total. The van der Waals surface area contributed by atoms with Crippen molar-refractivity contribution in [1.82, 2.24) is 0 Å². The van der Waals surface area contributed by atoms with Crippen molar-refractivity contribution in [3.63, 3.8) is 0 Å². The van der Waals surface area contributed by atoms with Crippen LogP contribution in [0.4, 0.5) is 34.1 Å². The van der Waals surface area contributed by atoms with Gasteiger partial charge < -0.3 is 18.6 Å². The molecule has 0 saturated carbocycles. The van der Waals surface area contributed by atoms with E-state index in [-0.39, 0.29) is 0 Å². The molecule has 1 spiro atoms. The lowest BCUT2D eigenvalue weighted by molar-refractivity contribution is 0.665. The van der Waals surface area contributed by atoms with Crippen molar-refractivity contribution in [3.05, 3.63) is 250 Å². The predicted octanol–water partition coefficient (Wildman–Crippen LogP) is 18.3. The van der Waals surface area contributed by atoms with Gasteiger partial charge in [0, 0.05) is 44.6 Å². The lowest BCUT2D eigenvalue weighted by Crippen LogP contribution is -2.27.